The quantitative estimate of drug-likeness (QED) is 0.927. The number of benzene rings is 1. The van der Waals surface area contributed by atoms with E-state index in [0.717, 1.165) is 17.4 Å². The van der Waals surface area contributed by atoms with Gasteiger partial charge in [-0.25, -0.2) is 13.1 Å². The summed E-state index contributed by atoms with van der Waals surface area (Å²) < 4.78 is 27.7. The Hall–Kier alpha value is -0.870. The van der Waals surface area contributed by atoms with E-state index in [2.05, 4.69) is 4.72 Å². The Bertz CT molecular complexity index is 579. The Balaban J connectivity index is 1.71. The van der Waals surface area contributed by atoms with Crippen LogP contribution in [-0.4, -0.2) is 14.5 Å². The first-order chi connectivity index (χ1) is 9.45. The topological polar surface area (TPSA) is 46.2 Å². The lowest BCUT2D eigenvalue weighted by atomic mass is 9.84. The van der Waals surface area contributed by atoms with Gasteiger partial charge in [0.15, 0.2) is 0 Å². The first-order valence-corrected chi connectivity index (χ1v) is 9.03. The molecule has 0 spiro atoms. The SMILES string of the molecule is Cc1ccc(S(=O)(=O)N[C@H](C)[C@H]2C[C@@H]3CC[C@@H]2C3)cc1. The molecule has 3 rings (SSSR count). The molecule has 1 N–H and O–H groups in total. The first kappa shape index (κ1) is 14.1. The third-order valence-corrected chi connectivity index (χ3v) is 6.68. The van der Waals surface area contributed by atoms with Crippen molar-refractivity contribution in [2.75, 3.05) is 0 Å². The van der Waals surface area contributed by atoms with Crippen LogP contribution >= 0.6 is 0 Å². The lowest BCUT2D eigenvalue weighted by Gasteiger charge is -2.28. The molecule has 1 aromatic carbocycles. The van der Waals surface area contributed by atoms with Gasteiger partial charge >= 0.3 is 0 Å². The summed E-state index contributed by atoms with van der Waals surface area (Å²) in [5.74, 6) is 2.10. The average molecular weight is 293 g/mol. The summed E-state index contributed by atoms with van der Waals surface area (Å²) >= 11 is 0. The number of hydrogen-bond donors (Lipinski definition) is 1. The molecule has 0 radical (unpaired) electrons. The average Bonchev–Trinajstić information content (AvgIpc) is 3.01. The maximum atomic E-state index is 12.4. The van der Waals surface area contributed by atoms with Gasteiger partial charge in [-0.05, 0) is 63.0 Å². The first-order valence-electron chi connectivity index (χ1n) is 7.55. The highest BCUT2D eigenvalue weighted by Crippen LogP contribution is 2.49. The molecule has 0 unspecified atom stereocenters. The second-order valence-electron chi connectivity index (χ2n) is 6.56. The lowest BCUT2D eigenvalue weighted by Crippen LogP contribution is -2.40. The maximum absolute atomic E-state index is 12.4. The van der Waals surface area contributed by atoms with Crippen molar-refractivity contribution in [3.63, 3.8) is 0 Å². The van der Waals surface area contributed by atoms with Gasteiger partial charge in [-0.3, -0.25) is 0 Å². The summed E-state index contributed by atoms with van der Waals surface area (Å²) in [5, 5.41) is 0. The van der Waals surface area contributed by atoms with Gasteiger partial charge in [-0.1, -0.05) is 24.1 Å². The van der Waals surface area contributed by atoms with Crippen molar-refractivity contribution in [1.82, 2.24) is 4.72 Å². The van der Waals surface area contributed by atoms with Crippen molar-refractivity contribution in [1.29, 1.82) is 0 Å². The minimum atomic E-state index is -3.38. The van der Waals surface area contributed by atoms with Crippen molar-refractivity contribution in [2.24, 2.45) is 17.8 Å². The van der Waals surface area contributed by atoms with E-state index in [9.17, 15) is 8.42 Å². The van der Waals surface area contributed by atoms with Crippen LogP contribution in [0.5, 0.6) is 0 Å². The van der Waals surface area contributed by atoms with E-state index < -0.39 is 10.0 Å². The maximum Gasteiger partial charge on any atom is 0.240 e. The highest BCUT2D eigenvalue weighted by atomic mass is 32.2. The number of rotatable bonds is 4. The van der Waals surface area contributed by atoms with Crippen LogP contribution in [0.3, 0.4) is 0 Å². The number of sulfonamides is 1. The monoisotopic (exact) mass is 293 g/mol. The predicted molar refractivity (Wildman–Crippen MR) is 79.9 cm³/mol. The molecule has 2 bridgehead atoms. The van der Waals surface area contributed by atoms with Crippen molar-refractivity contribution in [3.05, 3.63) is 29.8 Å². The summed E-state index contributed by atoms with van der Waals surface area (Å²) in [4.78, 5) is 0.373. The molecule has 2 aliphatic carbocycles. The molecule has 2 saturated carbocycles. The van der Waals surface area contributed by atoms with E-state index >= 15 is 0 Å². The number of hydrogen-bond acceptors (Lipinski definition) is 2. The Labute approximate surface area is 121 Å². The summed E-state index contributed by atoms with van der Waals surface area (Å²) in [5.41, 5.74) is 1.07. The van der Waals surface area contributed by atoms with Crippen LogP contribution < -0.4 is 4.72 Å². The van der Waals surface area contributed by atoms with Crippen molar-refractivity contribution in [2.45, 2.75) is 50.5 Å². The van der Waals surface area contributed by atoms with E-state index in [4.69, 9.17) is 0 Å². The number of aryl methyl sites for hydroxylation is 1. The van der Waals surface area contributed by atoms with Gasteiger partial charge in [0, 0.05) is 6.04 Å². The summed E-state index contributed by atoms with van der Waals surface area (Å²) in [6, 6.07) is 7.10. The molecular weight excluding hydrogens is 270 g/mol. The van der Waals surface area contributed by atoms with Crippen LogP contribution in [0.25, 0.3) is 0 Å². The molecule has 20 heavy (non-hydrogen) atoms. The lowest BCUT2D eigenvalue weighted by molar-refractivity contribution is 0.280. The molecule has 4 heteroatoms. The van der Waals surface area contributed by atoms with Crippen molar-refractivity contribution >= 4 is 10.0 Å². The molecule has 4 atom stereocenters. The van der Waals surface area contributed by atoms with Crippen LogP contribution in [0.2, 0.25) is 0 Å². The minimum Gasteiger partial charge on any atom is -0.208 e. The molecule has 1 aromatic rings. The number of fused-ring (bicyclic) bond motifs is 2. The van der Waals surface area contributed by atoms with E-state index in [1.807, 2.05) is 26.0 Å². The second kappa shape index (κ2) is 5.15. The standard InChI is InChI=1S/C16H23NO2S/c1-11-3-7-15(8-4-11)20(18,19)17-12(2)16-10-13-5-6-14(16)9-13/h3-4,7-8,12-14,16-17H,5-6,9-10H2,1-2H3/t12-,13-,14-,16-/m1/s1. The minimum absolute atomic E-state index is 0.0385. The summed E-state index contributed by atoms with van der Waals surface area (Å²) in [6.07, 6.45) is 5.13. The smallest absolute Gasteiger partial charge is 0.208 e. The molecule has 3 nitrogen and oxygen atoms in total. The molecule has 0 amide bonds. The fraction of sp³-hybridized carbons (Fsp3) is 0.625. The van der Waals surface area contributed by atoms with E-state index in [0.29, 0.717) is 10.8 Å². The third kappa shape index (κ3) is 2.63. The third-order valence-electron chi connectivity index (χ3n) is 5.11. The molecule has 2 aliphatic rings. The Morgan fingerprint density at radius 3 is 2.40 bits per heavy atom. The Kier molecular flexibility index (Phi) is 3.63. The van der Waals surface area contributed by atoms with Gasteiger partial charge in [-0.15, -0.1) is 0 Å². The van der Waals surface area contributed by atoms with E-state index in [1.165, 1.54) is 25.7 Å². The van der Waals surface area contributed by atoms with Gasteiger partial charge in [0.05, 0.1) is 4.90 Å². The molecule has 0 heterocycles. The van der Waals surface area contributed by atoms with Crippen LogP contribution in [0.4, 0.5) is 0 Å². The summed E-state index contributed by atoms with van der Waals surface area (Å²) in [7, 11) is -3.38. The van der Waals surface area contributed by atoms with Gasteiger partial charge in [0.25, 0.3) is 0 Å². The van der Waals surface area contributed by atoms with E-state index in [1.54, 1.807) is 12.1 Å². The molecule has 0 aromatic heterocycles. The normalized spacial score (nSPS) is 30.6. The highest BCUT2D eigenvalue weighted by Gasteiger charge is 2.42. The zero-order valence-electron chi connectivity index (χ0n) is 12.2. The van der Waals surface area contributed by atoms with Crippen LogP contribution in [0, 0.1) is 24.7 Å². The Morgan fingerprint density at radius 1 is 1.15 bits per heavy atom. The van der Waals surface area contributed by atoms with Gasteiger partial charge in [0.1, 0.15) is 0 Å². The summed E-state index contributed by atoms with van der Waals surface area (Å²) in [6.45, 7) is 3.98. The van der Waals surface area contributed by atoms with Crippen molar-refractivity contribution in [3.8, 4) is 0 Å². The molecule has 110 valence electrons. The highest BCUT2D eigenvalue weighted by molar-refractivity contribution is 7.89. The largest absolute Gasteiger partial charge is 0.240 e. The van der Waals surface area contributed by atoms with Crippen LogP contribution in [0.1, 0.15) is 38.2 Å². The van der Waals surface area contributed by atoms with Gasteiger partial charge < -0.3 is 0 Å². The van der Waals surface area contributed by atoms with Crippen LogP contribution in [-0.2, 0) is 10.0 Å². The van der Waals surface area contributed by atoms with E-state index in [-0.39, 0.29) is 6.04 Å². The Morgan fingerprint density at radius 2 is 1.85 bits per heavy atom. The van der Waals surface area contributed by atoms with Crippen LogP contribution in [0.15, 0.2) is 29.2 Å². The molecule has 0 aliphatic heterocycles. The zero-order chi connectivity index (χ0) is 14.3. The fourth-order valence-electron chi connectivity index (χ4n) is 4.02. The fourth-order valence-corrected chi connectivity index (χ4v) is 5.32. The van der Waals surface area contributed by atoms with Gasteiger partial charge in [-0.2, -0.15) is 0 Å². The predicted octanol–water partition coefficient (Wildman–Crippen LogP) is 3.10. The molecule has 0 saturated heterocycles. The molecular formula is C16H23NO2S. The second-order valence-corrected chi connectivity index (χ2v) is 8.28. The molecule has 2 fully saturated rings. The van der Waals surface area contributed by atoms with Gasteiger partial charge in [0.2, 0.25) is 10.0 Å². The zero-order valence-corrected chi connectivity index (χ0v) is 13.0. The van der Waals surface area contributed by atoms with Crippen molar-refractivity contribution < 1.29 is 8.42 Å². The number of nitrogens with one attached hydrogen (secondary N) is 1.